The highest BCUT2D eigenvalue weighted by Crippen LogP contribution is 2.39. The second-order valence-corrected chi connectivity index (χ2v) is 22.6. The van der Waals surface area contributed by atoms with Crippen LogP contribution in [0.4, 0.5) is 0 Å². The standard InChI is InChI=1S/C16H14Cl2N6O2S.C14H18BClN2O2.C8H8ClIN4O2S/c1-22(2)27(25,26)24-8-10(15-16(24)20-13(17)6-19-15)9-4-5-12-11(14(9)18)7-23(3)21-12;1-13(2)14(3,4)20-15(19-13)10-6-7-11-9(12(10)16)8-18(5)17-11;1-13(2)17(15,16)14-4-5(10)7-8(14)12-6(9)3-11-7/h4-8H,1-3H3;6-8H,1-5H3;3-4H,1-2H3. The molecule has 0 saturated carbocycles. The van der Waals surface area contributed by atoms with Gasteiger partial charge in [0.2, 0.25) is 0 Å². The molecule has 9 rings (SSSR count). The maximum absolute atomic E-state index is 12.7. The van der Waals surface area contributed by atoms with E-state index in [0.29, 0.717) is 35.8 Å². The van der Waals surface area contributed by atoms with Crippen LogP contribution in [0.2, 0.25) is 20.4 Å². The van der Waals surface area contributed by atoms with Crippen molar-refractivity contribution in [2.24, 2.45) is 14.1 Å². The van der Waals surface area contributed by atoms with Crippen LogP contribution < -0.4 is 5.46 Å². The predicted octanol–water partition coefficient (Wildman–Crippen LogP) is 6.82. The Labute approximate surface area is 403 Å². The molecule has 26 heteroatoms. The van der Waals surface area contributed by atoms with E-state index in [1.165, 1.54) is 53.0 Å². The summed E-state index contributed by atoms with van der Waals surface area (Å²) in [6.45, 7) is 8.13. The summed E-state index contributed by atoms with van der Waals surface area (Å²) in [5.74, 6) is 0. The number of aryl methyl sites for hydroxylation is 2. The van der Waals surface area contributed by atoms with Gasteiger partial charge in [-0.05, 0) is 62.4 Å². The molecule has 0 N–H and O–H groups in total. The zero-order chi connectivity index (χ0) is 47.0. The first-order chi connectivity index (χ1) is 29.7. The Bertz CT molecular complexity index is 3340. The Morgan fingerprint density at radius 1 is 0.641 bits per heavy atom. The van der Waals surface area contributed by atoms with E-state index in [2.05, 4.69) is 30.1 Å². The van der Waals surface area contributed by atoms with Crippen molar-refractivity contribution < 1.29 is 26.1 Å². The zero-order valence-electron chi connectivity index (χ0n) is 35.9. The van der Waals surface area contributed by atoms with E-state index < -0.39 is 27.5 Å². The molecule has 0 unspecified atom stereocenters. The van der Waals surface area contributed by atoms with Crippen molar-refractivity contribution in [3.8, 4) is 11.1 Å². The van der Waals surface area contributed by atoms with E-state index in [0.717, 1.165) is 43.8 Å². The average molecular weight is 1100 g/mol. The second kappa shape index (κ2) is 17.5. The van der Waals surface area contributed by atoms with Crippen molar-refractivity contribution in [2.75, 3.05) is 28.2 Å². The molecule has 0 aliphatic carbocycles. The first kappa shape index (κ1) is 48.3. The van der Waals surface area contributed by atoms with Gasteiger partial charge in [0.05, 0.1) is 48.2 Å². The highest BCUT2D eigenvalue weighted by atomic mass is 127. The fourth-order valence-corrected chi connectivity index (χ4v) is 10.1. The van der Waals surface area contributed by atoms with E-state index in [1.54, 1.807) is 28.7 Å². The summed E-state index contributed by atoms with van der Waals surface area (Å²) in [6.07, 6.45) is 9.40. The molecule has 1 aliphatic heterocycles. The van der Waals surface area contributed by atoms with Crippen LogP contribution in [-0.4, -0.2) is 119 Å². The van der Waals surface area contributed by atoms with Gasteiger partial charge < -0.3 is 9.31 Å². The lowest BCUT2D eigenvalue weighted by Crippen LogP contribution is -2.41. The minimum absolute atomic E-state index is 0.0937. The van der Waals surface area contributed by atoms with Crippen molar-refractivity contribution in [1.29, 1.82) is 0 Å². The molecule has 6 aromatic heterocycles. The lowest BCUT2D eigenvalue weighted by Gasteiger charge is -2.32. The number of nitrogens with zero attached hydrogens (tertiary/aromatic N) is 12. The molecular formula is C38H40BCl4IN12O6S2. The van der Waals surface area contributed by atoms with Gasteiger partial charge in [-0.15, -0.1) is 0 Å². The van der Waals surface area contributed by atoms with E-state index in [4.69, 9.17) is 55.7 Å². The van der Waals surface area contributed by atoms with Crippen LogP contribution in [0.1, 0.15) is 27.7 Å². The molecule has 18 nitrogen and oxygen atoms in total. The molecule has 1 saturated heterocycles. The van der Waals surface area contributed by atoms with Crippen molar-refractivity contribution in [2.45, 2.75) is 38.9 Å². The quantitative estimate of drug-likeness (QED) is 0.125. The minimum Gasteiger partial charge on any atom is -0.399 e. The van der Waals surface area contributed by atoms with E-state index in [1.807, 2.05) is 81.7 Å². The molecule has 0 bridgehead atoms. The first-order valence-corrected chi connectivity index (χ1v) is 24.3. The molecule has 0 atom stereocenters. The average Bonchev–Trinajstić information content (AvgIpc) is 4.00. The molecule has 1 aliphatic rings. The third-order valence-electron chi connectivity index (χ3n) is 10.5. The summed E-state index contributed by atoms with van der Waals surface area (Å²) in [7, 11) is 1.57. The lowest BCUT2D eigenvalue weighted by atomic mass is 9.78. The number of rotatable bonds is 6. The summed E-state index contributed by atoms with van der Waals surface area (Å²) >= 11 is 26.8. The Balaban J connectivity index is 0.000000148. The van der Waals surface area contributed by atoms with Gasteiger partial charge in [-0.2, -0.15) is 35.6 Å². The van der Waals surface area contributed by atoms with Gasteiger partial charge in [0.25, 0.3) is 0 Å². The Morgan fingerprint density at radius 2 is 1.09 bits per heavy atom. The van der Waals surface area contributed by atoms with Crippen LogP contribution in [0.3, 0.4) is 0 Å². The van der Waals surface area contributed by atoms with E-state index in [9.17, 15) is 16.8 Å². The number of fused-ring (bicyclic) bond motifs is 4. The molecule has 7 heterocycles. The summed E-state index contributed by atoms with van der Waals surface area (Å²) < 4.78 is 70.1. The van der Waals surface area contributed by atoms with E-state index >= 15 is 0 Å². The fourth-order valence-electron chi connectivity index (χ4n) is 6.48. The SMILES string of the molecule is CN(C)S(=O)(=O)n1cc(-c2ccc3nn(C)cc3c2Cl)c2ncc(Cl)nc21.CN(C)S(=O)(=O)n1cc(I)c2ncc(Cl)nc21.Cn1cc2c(Cl)c(B3OC(C)(C)C(C)(C)O3)ccc2n1. The van der Waals surface area contributed by atoms with Gasteiger partial charge in [0.15, 0.2) is 11.3 Å². The molecule has 338 valence electrons. The van der Waals surface area contributed by atoms with Crippen molar-refractivity contribution in [3.05, 3.63) is 85.4 Å². The van der Waals surface area contributed by atoms with E-state index in [-0.39, 0.29) is 32.8 Å². The molecular weight excluding hydrogens is 1060 g/mol. The van der Waals surface area contributed by atoms with Crippen LogP contribution >= 0.6 is 69.0 Å². The molecule has 64 heavy (non-hydrogen) atoms. The van der Waals surface area contributed by atoms with Gasteiger partial charge in [-0.1, -0.05) is 58.5 Å². The van der Waals surface area contributed by atoms with Crippen molar-refractivity contribution >= 4 is 146 Å². The molecule has 0 spiro atoms. The molecule has 1 fully saturated rings. The summed E-state index contributed by atoms with van der Waals surface area (Å²) in [6, 6.07) is 7.49. The van der Waals surface area contributed by atoms with Crippen LogP contribution in [0.25, 0.3) is 55.3 Å². The molecule has 8 aromatic rings. The zero-order valence-corrected chi connectivity index (χ0v) is 42.7. The normalized spacial score (nSPS) is 15.1. The van der Waals surface area contributed by atoms with Crippen LogP contribution in [0, 0.1) is 3.57 Å². The number of benzene rings is 2. The molecule has 0 radical (unpaired) electrons. The van der Waals surface area contributed by atoms with Gasteiger partial charge in [0, 0.05) is 94.4 Å². The van der Waals surface area contributed by atoms with Crippen molar-refractivity contribution in [3.63, 3.8) is 0 Å². The van der Waals surface area contributed by atoms with Crippen LogP contribution in [0.15, 0.2) is 61.4 Å². The largest absolute Gasteiger partial charge is 0.496 e. The minimum atomic E-state index is -3.83. The number of hydrogen-bond acceptors (Lipinski definition) is 12. The third-order valence-corrected chi connectivity index (χ3v) is 15.9. The Kier molecular flexibility index (Phi) is 13.2. The van der Waals surface area contributed by atoms with Gasteiger partial charge in [0.1, 0.15) is 21.3 Å². The number of aromatic nitrogens is 10. The summed E-state index contributed by atoms with van der Waals surface area (Å²) in [5.41, 5.74) is 4.16. The van der Waals surface area contributed by atoms with Gasteiger partial charge >= 0.3 is 27.5 Å². The highest BCUT2D eigenvalue weighted by Gasteiger charge is 2.52. The highest BCUT2D eigenvalue weighted by molar-refractivity contribution is 14.1. The van der Waals surface area contributed by atoms with Crippen LogP contribution in [0.5, 0.6) is 0 Å². The van der Waals surface area contributed by atoms with Crippen molar-refractivity contribution in [1.82, 2.24) is 56.1 Å². The third kappa shape index (κ3) is 8.83. The Morgan fingerprint density at radius 3 is 1.61 bits per heavy atom. The van der Waals surface area contributed by atoms with Gasteiger partial charge in [-0.3, -0.25) is 9.36 Å². The topological polar surface area (TPSA) is 190 Å². The summed E-state index contributed by atoms with van der Waals surface area (Å²) in [4.78, 5) is 16.5. The monoisotopic (exact) mass is 1100 g/mol. The predicted molar refractivity (Wildman–Crippen MR) is 260 cm³/mol. The smallest absolute Gasteiger partial charge is 0.399 e. The maximum atomic E-state index is 12.7. The molecule has 2 aromatic carbocycles. The number of hydrogen-bond donors (Lipinski definition) is 0. The fraction of sp³-hybridized carbons (Fsp3) is 0.316. The summed E-state index contributed by atoms with van der Waals surface area (Å²) in [5, 5.41) is 11.7. The first-order valence-electron chi connectivity index (χ1n) is 18.9. The van der Waals surface area contributed by atoms with Crippen LogP contribution in [-0.2, 0) is 43.8 Å². The number of halogens is 5. The second-order valence-electron chi connectivity index (χ2n) is 15.9. The Hall–Kier alpha value is -3.69. The molecule has 0 amide bonds. The van der Waals surface area contributed by atoms with Gasteiger partial charge in [-0.25, -0.2) is 27.9 Å². The lowest BCUT2D eigenvalue weighted by molar-refractivity contribution is 0.00578. The maximum Gasteiger partial charge on any atom is 0.496 e.